The molecular weight excluding hydrogens is 393 g/mol. The van der Waals surface area contributed by atoms with Gasteiger partial charge in [0.05, 0.1) is 21.7 Å². The lowest BCUT2D eigenvalue weighted by molar-refractivity contribution is -0.137. The van der Waals surface area contributed by atoms with E-state index in [4.69, 9.17) is 16.0 Å². The van der Waals surface area contributed by atoms with Crippen molar-refractivity contribution >= 4 is 27.3 Å². The summed E-state index contributed by atoms with van der Waals surface area (Å²) in [7, 11) is -4.25. The minimum Gasteiger partial charge on any atom is -0.444 e. The van der Waals surface area contributed by atoms with Gasteiger partial charge in [-0.05, 0) is 30.3 Å². The second-order valence-electron chi connectivity index (χ2n) is 5.19. The largest absolute Gasteiger partial charge is 0.444 e. The number of alkyl halides is 3. The van der Waals surface area contributed by atoms with E-state index in [0.29, 0.717) is 17.4 Å². The maximum atomic E-state index is 12.9. The van der Waals surface area contributed by atoms with Gasteiger partial charge < -0.3 is 4.42 Å². The van der Waals surface area contributed by atoms with E-state index >= 15 is 0 Å². The number of anilines is 1. The van der Waals surface area contributed by atoms with Gasteiger partial charge in [0.25, 0.3) is 10.0 Å². The number of oxazole rings is 1. The zero-order valence-corrected chi connectivity index (χ0v) is 14.4. The lowest BCUT2D eigenvalue weighted by atomic mass is 10.2. The molecule has 5 nitrogen and oxygen atoms in total. The van der Waals surface area contributed by atoms with Crippen molar-refractivity contribution in [3.05, 3.63) is 65.6 Å². The highest BCUT2D eigenvalue weighted by atomic mass is 35.5. The molecule has 0 bridgehead atoms. The van der Waals surface area contributed by atoms with Gasteiger partial charge in [-0.25, -0.2) is 13.4 Å². The van der Waals surface area contributed by atoms with Crippen LogP contribution >= 0.6 is 11.6 Å². The number of rotatable bonds is 4. The fraction of sp³-hybridized carbons (Fsp3) is 0.0625. The lowest BCUT2D eigenvalue weighted by Crippen LogP contribution is -2.15. The number of halogens is 4. The summed E-state index contributed by atoms with van der Waals surface area (Å²) in [6.07, 6.45) is -2.10. The van der Waals surface area contributed by atoms with Crippen molar-refractivity contribution < 1.29 is 26.0 Å². The Kier molecular flexibility index (Phi) is 4.68. The number of nitrogens with zero attached hydrogens (tertiary/aromatic N) is 1. The van der Waals surface area contributed by atoms with E-state index in [9.17, 15) is 21.6 Å². The normalized spacial score (nSPS) is 12.2. The molecule has 0 atom stereocenters. The van der Waals surface area contributed by atoms with Crippen LogP contribution in [-0.4, -0.2) is 13.4 Å². The van der Waals surface area contributed by atoms with Crippen LogP contribution in [0.5, 0.6) is 0 Å². The van der Waals surface area contributed by atoms with Gasteiger partial charge in [-0.1, -0.05) is 23.7 Å². The van der Waals surface area contributed by atoms with Gasteiger partial charge in [-0.3, -0.25) is 4.72 Å². The predicted octanol–water partition coefficient (Wildman–Crippen LogP) is 4.81. The van der Waals surface area contributed by atoms with E-state index in [1.54, 1.807) is 12.1 Å². The van der Waals surface area contributed by atoms with Gasteiger partial charge in [0, 0.05) is 11.3 Å². The maximum Gasteiger partial charge on any atom is 0.417 e. The summed E-state index contributed by atoms with van der Waals surface area (Å²) < 4.78 is 71.0. The number of hydrogen-bond acceptors (Lipinski definition) is 4. The summed E-state index contributed by atoms with van der Waals surface area (Å²) in [6.45, 7) is 0. The Morgan fingerprint density at radius 3 is 2.54 bits per heavy atom. The highest BCUT2D eigenvalue weighted by Crippen LogP contribution is 2.36. The smallest absolute Gasteiger partial charge is 0.417 e. The SMILES string of the molecule is O=S(=O)(Nc1cccc(-c2cnco2)c1)c1ccc(Cl)c(C(F)(F)F)c1. The Morgan fingerprint density at radius 2 is 1.88 bits per heavy atom. The average molecular weight is 403 g/mol. The Morgan fingerprint density at radius 1 is 1.12 bits per heavy atom. The number of nitrogens with one attached hydrogen (secondary N) is 1. The molecule has 0 saturated carbocycles. The summed E-state index contributed by atoms with van der Waals surface area (Å²) in [5, 5.41) is -0.580. The molecule has 0 spiro atoms. The maximum absolute atomic E-state index is 12.9. The molecule has 0 fully saturated rings. The standard InChI is InChI=1S/C16H10ClF3N2O3S/c17-14-5-4-12(7-13(14)16(18,19)20)26(23,24)22-11-3-1-2-10(6-11)15-8-21-9-25-15/h1-9,22H. The first-order valence-corrected chi connectivity index (χ1v) is 8.91. The van der Waals surface area contributed by atoms with Crippen LogP contribution in [0.15, 0.2) is 64.4 Å². The number of sulfonamides is 1. The predicted molar refractivity (Wildman–Crippen MR) is 89.2 cm³/mol. The van der Waals surface area contributed by atoms with Crippen molar-refractivity contribution in [1.29, 1.82) is 0 Å². The van der Waals surface area contributed by atoms with Crippen molar-refractivity contribution in [3.8, 4) is 11.3 Å². The molecule has 0 aliphatic carbocycles. The summed E-state index contributed by atoms with van der Waals surface area (Å²) >= 11 is 5.52. The first-order chi connectivity index (χ1) is 12.2. The van der Waals surface area contributed by atoms with Gasteiger partial charge in [0.15, 0.2) is 12.2 Å². The fourth-order valence-electron chi connectivity index (χ4n) is 2.20. The Labute approximate surface area is 151 Å². The molecule has 0 aliphatic heterocycles. The van der Waals surface area contributed by atoms with Crippen LogP contribution in [0, 0.1) is 0 Å². The fourth-order valence-corrected chi connectivity index (χ4v) is 3.50. The van der Waals surface area contributed by atoms with Crippen LogP contribution in [0.2, 0.25) is 5.02 Å². The second-order valence-corrected chi connectivity index (χ2v) is 7.28. The van der Waals surface area contributed by atoms with E-state index in [-0.39, 0.29) is 5.69 Å². The van der Waals surface area contributed by atoms with E-state index in [2.05, 4.69) is 9.71 Å². The van der Waals surface area contributed by atoms with E-state index < -0.39 is 31.7 Å². The van der Waals surface area contributed by atoms with Crippen LogP contribution < -0.4 is 4.72 Å². The van der Waals surface area contributed by atoms with E-state index in [1.807, 2.05) is 0 Å². The first kappa shape index (κ1) is 18.3. The van der Waals surface area contributed by atoms with Crippen molar-refractivity contribution in [3.63, 3.8) is 0 Å². The first-order valence-electron chi connectivity index (χ1n) is 7.05. The van der Waals surface area contributed by atoms with Gasteiger partial charge in [-0.15, -0.1) is 0 Å². The van der Waals surface area contributed by atoms with Gasteiger partial charge in [0.1, 0.15) is 0 Å². The molecule has 136 valence electrons. The zero-order chi connectivity index (χ0) is 18.9. The summed E-state index contributed by atoms with van der Waals surface area (Å²) in [4.78, 5) is 3.21. The average Bonchev–Trinajstić information content (AvgIpc) is 3.08. The molecule has 0 amide bonds. The van der Waals surface area contributed by atoms with Crippen molar-refractivity contribution in [1.82, 2.24) is 4.98 Å². The van der Waals surface area contributed by atoms with Crippen LogP contribution in [0.25, 0.3) is 11.3 Å². The van der Waals surface area contributed by atoms with E-state index in [1.165, 1.54) is 24.7 Å². The highest BCUT2D eigenvalue weighted by molar-refractivity contribution is 7.92. The minimum absolute atomic E-state index is 0.155. The third-order valence-corrected chi connectivity index (χ3v) is 5.09. The molecule has 3 aromatic rings. The van der Waals surface area contributed by atoms with E-state index in [0.717, 1.165) is 12.1 Å². The molecule has 2 aromatic carbocycles. The quantitative estimate of drug-likeness (QED) is 0.679. The Hall–Kier alpha value is -2.52. The second kappa shape index (κ2) is 6.65. The molecular formula is C16H10ClF3N2O3S. The molecule has 0 radical (unpaired) electrons. The van der Waals surface area contributed by atoms with Crippen LogP contribution in [-0.2, 0) is 16.2 Å². The van der Waals surface area contributed by atoms with Crippen LogP contribution in [0.1, 0.15) is 5.56 Å². The summed E-state index contributed by atoms with van der Waals surface area (Å²) in [6, 6.07) is 8.55. The molecule has 3 rings (SSSR count). The highest BCUT2D eigenvalue weighted by Gasteiger charge is 2.34. The number of benzene rings is 2. The molecule has 1 N–H and O–H groups in total. The number of hydrogen-bond donors (Lipinski definition) is 1. The Bertz CT molecular complexity index is 1040. The van der Waals surface area contributed by atoms with Crippen LogP contribution in [0.3, 0.4) is 0 Å². The lowest BCUT2D eigenvalue weighted by Gasteiger charge is -2.13. The monoisotopic (exact) mass is 402 g/mol. The third-order valence-electron chi connectivity index (χ3n) is 3.39. The molecule has 0 unspecified atom stereocenters. The van der Waals surface area contributed by atoms with Gasteiger partial charge in [-0.2, -0.15) is 13.2 Å². The molecule has 1 aromatic heterocycles. The van der Waals surface area contributed by atoms with Crippen molar-refractivity contribution in [2.45, 2.75) is 11.1 Å². The number of aromatic nitrogens is 1. The van der Waals surface area contributed by atoms with Crippen LogP contribution in [0.4, 0.5) is 18.9 Å². The summed E-state index contributed by atoms with van der Waals surface area (Å²) in [5.41, 5.74) is -0.519. The molecule has 26 heavy (non-hydrogen) atoms. The van der Waals surface area contributed by atoms with Crippen molar-refractivity contribution in [2.24, 2.45) is 0 Å². The molecule has 0 aliphatic rings. The summed E-state index contributed by atoms with van der Waals surface area (Å²) in [5.74, 6) is 0.414. The topological polar surface area (TPSA) is 72.2 Å². The minimum atomic E-state index is -4.77. The zero-order valence-electron chi connectivity index (χ0n) is 12.8. The molecule has 0 saturated heterocycles. The van der Waals surface area contributed by atoms with Gasteiger partial charge >= 0.3 is 6.18 Å². The van der Waals surface area contributed by atoms with Crippen molar-refractivity contribution in [2.75, 3.05) is 4.72 Å². The molecule has 10 heteroatoms. The van der Waals surface area contributed by atoms with Gasteiger partial charge in [0.2, 0.25) is 0 Å². The Balaban J connectivity index is 1.94. The molecule has 1 heterocycles. The third kappa shape index (κ3) is 3.83.